The third-order valence-electron chi connectivity index (χ3n) is 4.76. The minimum absolute atomic E-state index is 0.00458. The van der Waals surface area contributed by atoms with Crippen molar-refractivity contribution in [3.05, 3.63) is 24.3 Å². The van der Waals surface area contributed by atoms with Crippen LogP contribution in [0.5, 0.6) is 5.75 Å². The van der Waals surface area contributed by atoms with Gasteiger partial charge >= 0.3 is 6.03 Å². The monoisotopic (exact) mass is 319 g/mol. The number of nitrogens with zero attached hydrogens (tertiary/aromatic N) is 2. The van der Waals surface area contributed by atoms with Crippen LogP contribution >= 0.6 is 0 Å². The number of nitrogens with one attached hydrogen (secondary N) is 1. The molecule has 3 rings (SSSR count). The molecule has 6 nitrogen and oxygen atoms in total. The number of benzene rings is 1. The van der Waals surface area contributed by atoms with E-state index in [0.717, 1.165) is 31.8 Å². The average molecular weight is 319 g/mol. The van der Waals surface area contributed by atoms with Gasteiger partial charge in [-0.1, -0.05) is 19.1 Å². The standard InChI is InChI=1S/C17H25N3O3/c1-17(6-11-23-13-17)12-18-16(22)20-9-7-19(8-10-20)14-4-2-3-5-15(14)21/h2-5,21H,6-13H2,1H3,(H,18,22). The van der Waals surface area contributed by atoms with Crippen molar-refractivity contribution in [3.63, 3.8) is 0 Å². The lowest BCUT2D eigenvalue weighted by molar-refractivity contribution is 0.154. The lowest BCUT2D eigenvalue weighted by Gasteiger charge is -2.36. The number of rotatable bonds is 3. The first-order valence-corrected chi connectivity index (χ1v) is 8.21. The summed E-state index contributed by atoms with van der Waals surface area (Å²) in [7, 11) is 0. The molecule has 0 radical (unpaired) electrons. The zero-order valence-corrected chi connectivity index (χ0v) is 13.6. The predicted molar refractivity (Wildman–Crippen MR) is 88.8 cm³/mol. The van der Waals surface area contributed by atoms with E-state index in [1.54, 1.807) is 6.07 Å². The highest BCUT2D eigenvalue weighted by Gasteiger charge is 2.31. The van der Waals surface area contributed by atoms with Crippen molar-refractivity contribution in [2.24, 2.45) is 5.41 Å². The fourth-order valence-corrected chi connectivity index (χ4v) is 3.13. The Morgan fingerprint density at radius 2 is 2.04 bits per heavy atom. The normalized spacial score (nSPS) is 24.7. The second-order valence-electron chi connectivity index (χ2n) is 6.73. The zero-order valence-electron chi connectivity index (χ0n) is 13.6. The summed E-state index contributed by atoms with van der Waals surface area (Å²) >= 11 is 0. The summed E-state index contributed by atoms with van der Waals surface area (Å²) in [5.41, 5.74) is 0.899. The Morgan fingerprint density at radius 3 is 2.70 bits per heavy atom. The summed E-state index contributed by atoms with van der Waals surface area (Å²) in [4.78, 5) is 16.3. The Balaban J connectivity index is 1.48. The summed E-state index contributed by atoms with van der Waals surface area (Å²) in [6.07, 6.45) is 0.994. The highest BCUT2D eigenvalue weighted by atomic mass is 16.5. The van der Waals surface area contributed by atoms with Gasteiger partial charge in [0.1, 0.15) is 5.75 Å². The van der Waals surface area contributed by atoms with Crippen LogP contribution < -0.4 is 10.2 Å². The van der Waals surface area contributed by atoms with E-state index in [9.17, 15) is 9.90 Å². The van der Waals surface area contributed by atoms with Crippen LogP contribution in [0.2, 0.25) is 0 Å². The Hall–Kier alpha value is -1.95. The number of urea groups is 1. The maximum absolute atomic E-state index is 12.3. The third kappa shape index (κ3) is 3.69. The number of piperazine rings is 1. The fourth-order valence-electron chi connectivity index (χ4n) is 3.13. The van der Waals surface area contributed by atoms with Crippen molar-refractivity contribution in [3.8, 4) is 5.75 Å². The van der Waals surface area contributed by atoms with Crippen molar-refractivity contribution < 1.29 is 14.6 Å². The summed E-state index contributed by atoms with van der Waals surface area (Å²) < 4.78 is 5.42. The van der Waals surface area contributed by atoms with Gasteiger partial charge in [0, 0.05) is 44.7 Å². The van der Waals surface area contributed by atoms with E-state index < -0.39 is 0 Å². The van der Waals surface area contributed by atoms with E-state index in [-0.39, 0.29) is 11.4 Å². The molecule has 2 fully saturated rings. The molecule has 1 aromatic carbocycles. The topological polar surface area (TPSA) is 65.0 Å². The Morgan fingerprint density at radius 1 is 1.30 bits per heavy atom. The Labute approximate surface area is 137 Å². The van der Waals surface area contributed by atoms with Crippen LogP contribution in [0, 0.1) is 5.41 Å². The lowest BCUT2D eigenvalue weighted by Crippen LogP contribution is -2.53. The minimum atomic E-state index is -0.00458. The summed E-state index contributed by atoms with van der Waals surface area (Å²) in [5.74, 6) is 0.291. The second kappa shape index (κ2) is 6.66. The number of carbonyl (C=O) groups is 1. The number of hydrogen-bond donors (Lipinski definition) is 2. The number of phenolic OH excluding ortho intramolecular Hbond substituents is 1. The van der Waals surface area contributed by atoms with E-state index in [0.29, 0.717) is 32.0 Å². The van der Waals surface area contributed by atoms with Crippen LogP contribution in [0.25, 0.3) is 0 Å². The van der Waals surface area contributed by atoms with Crippen LogP contribution in [0.4, 0.5) is 10.5 Å². The number of para-hydroxylation sites is 2. The third-order valence-corrected chi connectivity index (χ3v) is 4.76. The van der Waals surface area contributed by atoms with E-state index in [1.165, 1.54) is 0 Å². The number of phenols is 1. The zero-order chi connectivity index (χ0) is 16.3. The van der Waals surface area contributed by atoms with Crippen LogP contribution in [-0.4, -0.2) is 62.0 Å². The van der Waals surface area contributed by atoms with E-state index in [4.69, 9.17) is 4.74 Å². The maximum Gasteiger partial charge on any atom is 0.317 e. The van der Waals surface area contributed by atoms with Crippen LogP contribution in [0.1, 0.15) is 13.3 Å². The van der Waals surface area contributed by atoms with Crippen molar-refractivity contribution in [2.45, 2.75) is 13.3 Å². The van der Waals surface area contributed by atoms with Gasteiger partial charge in [-0.15, -0.1) is 0 Å². The largest absolute Gasteiger partial charge is 0.506 e. The molecule has 1 unspecified atom stereocenters. The molecule has 2 aliphatic heterocycles. The lowest BCUT2D eigenvalue weighted by atomic mass is 9.90. The molecule has 6 heteroatoms. The summed E-state index contributed by atoms with van der Waals surface area (Å²) in [5, 5.41) is 13.0. The molecular weight excluding hydrogens is 294 g/mol. The van der Waals surface area contributed by atoms with Crippen LogP contribution in [0.3, 0.4) is 0 Å². The molecule has 0 spiro atoms. The molecule has 0 saturated carbocycles. The van der Waals surface area contributed by atoms with Gasteiger partial charge in [-0.2, -0.15) is 0 Å². The van der Waals surface area contributed by atoms with Gasteiger partial charge in [-0.25, -0.2) is 4.79 Å². The van der Waals surface area contributed by atoms with E-state index in [2.05, 4.69) is 17.1 Å². The van der Waals surface area contributed by atoms with Gasteiger partial charge in [0.25, 0.3) is 0 Å². The predicted octanol–water partition coefficient (Wildman–Crippen LogP) is 1.65. The quantitative estimate of drug-likeness (QED) is 0.889. The maximum atomic E-state index is 12.3. The highest BCUT2D eigenvalue weighted by molar-refractivity contribution is 5.74. The van der Waals surface area contributed by atoms with Crippen LogP contribution in [0.15, 0.2) is 24.3 Å². The molecule has 0 aliphatic carbocycles. The number of ether oxygens (including phenoxy) is 1. The molecule has 126 valence electrons. The van der Waals surface area contributed by atoms with Gasteiger partial charge in [0.05, 0.1) is 12.3 Å². The number of carbonyl (C=O) groups excluding carboxylic acids is 1. The van der Waals surface area contributed by atoms with Gasteiger partial charge in [-0.05, 0) is 18.6 Å². The average Bonchev–Trinajstić information content (AvgIpc) is 3.00. The first kappa shape index (κ1) is 15.9. The van der Waals surface area contributed by atoms with Crippen molar-refractivity contribution in [1.29, 1.82) is 0 Å². The van der Waals surface area contributed by atoms with Crippen molar-refractivity contribution >= 4 is 11.7 Å². The summed E-state index contributed by atoms with van der Waals surface area (Å²) in [6, 6.07) is 7.33. The molecule has 2 saturated heterocycles. The smallest absolute Gasteiger partial charge is 0.317 e. The van der Waals surface area contributed by atoms with Gasteiger partial charge < -0.3 is 25.0 Å². The van der Waals surface area contributed by atoms with Crippen molar-refractivity contribution in [2.75, 3.05) is 50.8 Å². The highest BCUT2D eigenvalue weighted by Crippen LogP contribution is 2.28. The van der Waals surface area contributed by atoms with E-state index >= 15 is 0 Å². The Bertz CT molecular complexity index is 550. The first-order valence-electron chi connectivity index (χ1n) is 8.21. The number of amides is 2. The first-order chi connectivity index (χ1) is 11.1. The summed E-state index contributed by atoms with van der Waals surface area (Å²) in [6.45, 7) is 7.08. The molecule has 2 amide bonds. The van der Waals surface area contributed by atoms with Crippen LogP contribution in [-0.2, 0) is 4.74 Å². The molecule has 1 atom stereocenters. The molecule has 0 bridgehead atoms. The minimum Gasteiger partial charge on any atom is -0.506 e. The molecule has 2 aliphatic rings. The van der Waals surface area contributed by atoms with Gasteiger partial charge in [0.15, 0.2) is 0 Å². The molecule has 23 heavy (non-hydrogen) atoms. The van der Waals surface area contributed by atoms with Gasteiger partial charge in [0.2, 0.25) is 0 Å². The fraction of sp³-hybridized carbons (Fsp3) is 0.588. The SMILES string of the molecule is CC1(CNC(=O)N2CCN(c3ccccc3O)CC2)CCOC1. The van der Waals surface area contributed by atoms with Gasteiger partial charge in [-0.3, -0.25) is 0 Å². The number of aromatic hydroxyl groups is 1. The Kier molecular flexibility index (Phi) is 4.61. The molecule has 1 aromatic rings. The molecular formula is C17H25N3O3. The van der Waals surface area contributed by atoms with E-state index in [1.807, 2.05) is 23.1 Å². The second-order valence-corrected chi connectivity index (χ2v) is 6.73. The van der Waals surface area contributed by atoms with Crippen molar-refractivity contribution in [1.82, 2.24) is 10.2 Å². The molecule has 2 N–H and O–H groups in total. The number of anilines is 1. The molecule has 0 aromatic heterocycles. The molecule has 2 heterocycles. The number of hydrogen-bond acceptors (Lipinski definition) is 4.